The highest BCUT2D eigenvalue weighted by atomic mass is 16.7. The van der Waals surface area contributed by atoms with Crippen molar-refractivity contribution in [1.29, 1.82) is 0 Å². The molecule has 0 saturated carbocycles. The van der Waals surface area contributed by atoms with Crippen molar-refractivity contribution < 1.29 is 4.94 Å². The lowest BCUT2D eigenvalue weighted by Crippen LogP contribution is -2.17. The predicted molar refractivity (Wildman–Crippen MR) is 47.0 cm³/mol. The Morgan fingerprint density at radius 3 is 2.36 bits per heavy atom. The molecule has 0 saturated heterocycles. The lowest BCUT2D eigenvalue weighted by Gasteiger charge is -2.17. The minimum atomic E-state index is 0.485. The Morgan fingerprint density at radius 2 is 2.09 bits per heavy atom. The Hall–Kier alpha value is -0.570. The predicted octanol–water partition coefficient (Wildman–Crippen LogP) is 1.93. The van der Waals surface area contributed by atoms with Crippen LogP contribution in [0.2, 0.25) is 0 Å². The van der Waals surface area contributed by atoms with E-state index in [2.05, 4.69) is 30.9 Å². The van der Waals surface area contributed by atoms with Crippen LogP contribution in [0.3, 0.4) is 0 Å². The first kappa shape index (κ1) is 10.4. The summed E-state index contributed by atoms with van der Waals surface area (Å²) < 4.78 is 0. The van der Waals surface area contributed by atoms with E-state index in [0.29, 0.717) is 11.8 Å². The van der Waals surface area contributed by atoms with Gasteiger partial charge in [0.1, 0.15) is 0 Å². The van der Waals surface area contributed by atoms with Gasteiger partial charge in [0.05, 0.1) is 5.71 Å². The van der Waals surface area contributed by atoms with Crippen molar-refractivity contribution in [2.24, 2.45) is 22.9 Å². The Bertz CT molecular complexity index is 132. The second kappa shape index (κ2) is 5.13. The van der Waals surface area contributed by atoms with Gasteiger partial charge in [-0.25, -0.2) is 0 Å². The molecule has 0 aliphatic heterocycles. The normalized spacial score (nSPS) is 15.3. The highest BCUT2D eigenvalue weighted by Gasteiger charge is 2.14. The van der Waals surface area contributed by atoms with E-state index in [4.69, 9.17) is 5.90 Å². The number of rotatable bonds is 4. The van der Waals surface area contributed by atoms with Gasteiger partial charge in [-0.2, -0.15) is 0 Å². The fraction of sp³-hybridized carbons (Fsp3) is 0.875. The Kier molecular flexibility index (Phi) is 4.86. The topological polar surface area (TPSA) is 47.6 Å². The van der Waals surface area contributed by atoms with Crippen molar-refractivity contribution in [2.45, 2.75) is 34.1 Å². The van der Waals surface area contributed by atoms with Crippen LogP contribution < -0.4 is 5.90 Å². The van der Waals surface area contributed by atoms with E-state index in [-0.39, 0.29) is 0 Å². The first-order chi connectivity index (χ1) is 5.13. The second-order valence-corrected chi connectivity index (χ2v) is 3.10. The van der Waals surface area contributed by atoms with Gasteiger partial charge in [-0.3, -0.25) is 0 Å². The van der Waals surface area contributed by atoms with Gasteiger partial charge in [-0.15, -0.1) is 5.90 Å². The zero-order chi connectivity index (χ0) is 8.85. The molecule has 0 heterocycles. The van der Waals surface area contributed by atoms with Crippen LogP contribution in [0.1, 0.15) is 34.1 Å². The summed E-state index contributed by atoms with van der Waals surface area (Å²) in [4.78, 5) is 4.22. The van der Waals surface area contributed by atoms with Crippen LogP contribution >= 0.6 is 0 Å². The molecule has 66 valence electrons. The third-order valence-electron chi connectivity index (χ3n) is 1.98. The van der Waals surface area contributed by atoms with Crippen LogP contribution in [0.25, 0.3) is 0 Å². The maximum absolute atomic E-state index is 4.83. The molecule has 0 aromatic carbocycles. The molecule has 0 fully saturated rings. The lowest BCUT2D eigenvalue weighted by atomic mass is 9.89. The minimum absolute atomic E-state index is 0.485. The van der Waals surface area contributed by atoms with Crippen LogP contribution in [-0.4, -0.2) is 5.71 Å². The Balaban J connectivity index is 4.13. The third-order valence-corrected chi connectivity index (χ3v) is 1.98. The van der Waals surface area contributed by atoms with Crippen molar-refractivity contribution in [3.63, 3.8) is 0 Å². The van der Waals surface area contributed by atoms with E-state index in [1.165, 1.54) is 0 Å². The number of oxime groups is 1. The van der Waals surface area contributed by atoms with Gasteiger partial charge < -0.3 is 4.94 Å². The van der Waals surface area contributed by atoms with Crippen LogP contribution in [0, 0.1) is 11.8 Å². The standard InChI is InChI=1S/C8H18N2O/c1-5-8(6(2)3)7(4)10-11-9/h6,8H,5,9H2,1-4H3/b10-7-. The second-order valence-electron chi connectivity index (χ2n) is 3.10. The van der Waals surface area contributed by atoms with Crippen molar-refractivity contribution in [2.75, 3.05) is 0 Å². The monoisotopic (exact) mass is 158 g/mol. The van der Waals surface area contributed by atoms with E-state index in [0.717, 1.165) is 12.1 Å². The average Bonchev–Trinajstić information content (AvgIpc) is 1.88. The molecule has 0 spiro atoms. The molecular weight excluding hydrogens is 140 g/mol. The molecule has 1 atom stereocenters. The molecule has 0 rings (SSSR count). The van der Waals surface area contributed by atoms with E-state index in [9.17, 15) is 0 Å². The van der Waals surface area contributed by atoms with Crippen LogP contribution in [0.5, 0.6) is 0 Å². The summed E-state index contributed by atoms with van der Waals surface area (Å²) in [7, 11) is 0. The van der Waals surface area contributed by atoms with E-state index >= 15 is 0 Å². The zero-order valence-electron chi connectivity index (χ0n) is 7.79. The van der Waals surface area contributed by atoms with Crippen molar-refractivity contribution in [3.8, 4) is 0 Å². The number of hydrogen-bond donors (Lipinski definition) is 1. The van der Waals surface area contributed by atoms with Gasteiger partial charge in [0.2, 0.25) is 0 Å². The summed E-state index contributed by atoms with van der Waals surface area (Å²) in [6.07, 6.45) is 1.08. The molecule has 0 bridgehead atoms. The fourth-order valence-electron chi connectivity index (χ4n) is 1.40. The maximum Gasteiger partial charge on any atom is 0.0599 e. The minimum Gasteiger partial charge on any atom is -0.303 e. The molecule has 3 heteroatoms. The highest BCUT2D eigenvalue weighted by Crippen LogP contribution is 2.16. The van der Waals surface area contributed by atoms with Crippen LogP contribution in [0.15, 0.2) is 5.16 Å². The highest BCUT2D eigenvalue weighted by molar-refractivity contribution is 5.83. The van der Waals surface area contributed by atoms with E-state index in [1.807, 2.05) is 6.92 Å². The molecule has 3 nitrogen and oxygen atoms in total. The molecule has 0 radical (unpaired) electrons. The molecule has 0 aliphatic carbocycles. The average molecular weight is 158 g/mol. The largest absolute Gasteiger partial charge is 0.303 e. The maximum atomic E-state index is 4.83. The Labute approximate surface area is 68.6 Å². The van der Waals surface area contributed by atoms with Crippen molar-refractivity contribution in [3.05, 3.63) is 0 Å². The molecule has 1 unspecified atom stereocenters. The summed E-state index contributed by atoms with van der Waals surface area (Å²) in [5.74, 6) is 5.92. The lowest BCUT2D eigenvalue weighted by molar-refractivity contribution is 0.146. The van der Waals surface area contributed by atoms with Crippen molar-refractivity contribution in [1.82, 2.24) is 0 Å². The first-order valence-electron chi connectivity index (χ1n) is 4.03. The molecule has 0 aromatic heterocycles. The molecular formula is C8H18N2O. The molecule has 11 heavy (non-hydrogen) atoms. The quantitative estimate of drug-likeness (QED) is 0.502. The number of hydrogen-bond acceptors (Lipinski definition) is 3. The summed E-state index contributed by atoms with van der Waals surface area (Å²) in [5, 5.41) is 3.71. The van der Waals surface area contributed by atoms with E-state index in [1.54, 1.807) is 0 Å². The fourth-order valence-corrected chi connectivity index (χ4v) is 1.40. The number of nitrogens with two attached hydrogens (primary N) is 1. The van der Waals surface area contributed by atoms with Gasteiger partial charge in [-0.05, 0) is 19.3 Å². The molecule has 2 N–H and O–H groups in total. The van der Waals surface area contributed by atoms with Gasteiger partial charge in [0, 0.05) is 5.92 Å². The van der Waals surface area contributed by atoms with Gasteiger partial charge in [0.15, 0.2) is 0 Å². The van der Waals surface area contributed by atoms with Gasteiger partial charge >= 0.3 is 0 Å². The van der Waals surface area contributed by atoms with Crippen LogP contribution in [-0.2, 0) is 4.94 Å². The van der Waals surface area contributed by atoms with Crippen molar-refractivity contribution >= 4 is 5.71 Å². The third kappa shape index (κ3) is 3.37. The molecule has 0 aromatic rings. The molecule has 0 aliphatic rings. The van der Waals surface area contributed by atoms with Crippen LogP contribution in [0.4, 0.5) is 0 Å². The molecule has 0 amide bonds. The Morgan fingerprint density at radius 1 is 1.55 bits per heavy atom. The van der Waals surface area contributed by atoms with Gasteiger partial charge in [-0.1, -0.05) is 25.9 Å². The summed E-state index contributed by atoms with van der Waals surface area (Å²) in [6, 6.07) is 0. The zero-order valence-corrected chi connectivity index (χ0v) is 7.79. The first-order valence-corrected chi connectivity index (χ1v) is 4.03. The number of nitrogens with zero attached hydrogens (tertiary/aromatic N) is 1. The van der Waals surface area contributed by atoms with Gasteiger partial charge in [0.25, 0.3) is 0 Å². The summed E-state index contributed by atoms with van der Waals surface area (Å²) in [6.45, 7) is 8.43. The smallest absolute Gasteiger partial charge is 0.0599 e. The van der Waals surface area contributed by atoms with E-state index < -0.39 is 0 Å². The SMILES string of the molecule is CCC(/C(C)=N\ON)C(C)C. The summed E-state index contributed by atoms with van der Waals surface area (Å²) >= 11 is 0. The summed E-state index contributed by atoms with van der Waals surface area (Å²) in [5.41, 5.74) is 0.977.